The zero-order valence-electron chi connectivity index (χ0n) is 21.3. The quantitative estimate of drug-likeness (QED) is 0.325. The van der Waals surface area contributed by atoms with Gasteiger partial charge in [0, 0.05) is 25.2 Å². The molecule has 1 aliphatic rings. The summed E-state index contributed by atoms with van der Waals surface area (Å²) in [6.45, 7) is 2.31. The van der Waals surface area contributed by atoms with Crippen molar-refractivity contribution in [3.05, 3.63) is 75.7 Å². The van der Waals surface area contributed by atoms with Crippen molar-refractivity contribution in [3.63, 3.8) is 0 Å². The van der Waals surface area contributed by atoms with Gasteiger partial charge in [0.05, 0.1) is 35.3 Å². The third kappa shape index (κ3) is 7.01. The lowest BCUT2D eigenvalue weighted by Gasteiger charge is -2.34. The lowest BCUT2D eigenvalue weighted by molar-refractivity contribution is 0.144. The Bertz CT molecular complexity index is 1390. The van der Waals surface area contributed by atoms with Crippen molar-refractivity contribution in [2.75, 3.05) is 19.0 Å². The molecule has 1 heterocycles. The molecule has 1 N–H and O–H groups in total. The predicted molar refractivity (Wildman–Crippen MR) is 147 cm³/mol. The fourth-order valence-corrected chi connectivity index (χ4v) is 6.29. The monoisotopic (exact) mass is 579 g/mol. The molecule has 8 nitrogen and oxygen atoms in total. The van der Waals surface area contributed by atoms with Crippen molar-refractivity contribution in [3.8, 4) is 5.75 Å². The van der Waals surface area contributed by atoms with Crippen LogP contribution in [-0.2, 0) is 34.5 Å². The molecule has 1 aliphatic carbocycles. The number of imidazole rings is 1. The average molecular weight is 581 g/mol. The first kappa shape index (κ1) is 28.3. The Morgan fingerprint density at radius 1 is 1.18 bits per heavy atom. The van der Waals surface area contributed by atoms with Crippen LogP contribution in [0.5, 0.6) is 5.75 Å². The molecule has 0 bridgehead atoms. The Balaban J connectivity index is 1.49. The number of nitrogens with zero attached hydrogens (tertiary/aromatic N) is 2. The maximum absolute atomic E-state index is 12.5. The summed E-state index contributed by atoms with van der Waals surface area (Å²) in [4.78, 5) is 16.2. The third-order valence-corrected chi connectivity index (χ3v) is 8.98. The highest BCUT2D eigenvalue weighted by molar-refractivity contribution is 7.91. The van der Waals surface area contributed by atoms with Crippen molar-refractivity contribution in [2.45, 2.75) is 49.6 Å². The molecule has 1 amide bonds. The third-order valence-electron chi connectivity index (χ3n) is 6.57. The smallest absolute Gasteiger partial charge is 0.407 e. The van der Waals surface area contributed by atoms with Gasteiger partial charge in [-0.2, -0.15) is 0 Å². The summed E-state index contributed by atoms with van der Waals surface area (Å²) in [5.41, 5.74) is 3.25. The number of carbonyl (C=O) groups excluding carboxylic acids is 1. The number of ether oxygens (including phenoxy) is 2. The Labute approximate surface area is 233 Å². The van der Waals surface area contributed by atoms with Crippen molar-refractivity contribution < 1.29 is 22.7 Å². The Hall–Kier alpha value is -2.75. The van der Waals surface area contributed by atoms with E-state index in [9.17, 15) is 13.2 Å². The molecule has 0 radical (unpaired) electrons. The minimum absolute atomic E-state index is 0.0477. The lowest BCUT2D eigenvalue weighted by atomic mass is 9.76. The Morgan fingerprint density at radius 2 is 2.00 bits per heavy atom. The van der Waals surface area contributed by atoms with Crippen molar-refractivity contribution in [1.82, 2.24) is 14.9 Å². The molecular weight excluding hydrogens is 549 g/mol. The number of alkyl carbamates (subject to hydrolysis) is 1. The summed E-state index contributed by atoms with van der Waals surface area (Å²) in [5, 5.41) is 4.06. The molecule has 11 heteroatoms. The van der Waals surface area contributed by atoms with Crippen molar-refractivity contribution in [2.24, 2.45) is 7.05 Å². The zero-order valence-corrected chi connectivity index (χ0v) is 23.7. The van der Waals surface area contributed by atoms with Crippen molar-refractivity contribution in [1.29, 1.82) is 0 Å². The molecule has 204 valence electrons. The number of sulfone groups is 1. The fourth-order valence-electron chi connectivity index (χ4n) is 4.73. The molecule has 0 saturated heterocycles. The molecule has 4 rings (SSSR count). The number of carbonyl (C=O) groups is 1. The number of fused-ring (bicyclic) bond motifs is 1. The van der Waals surface area contributed by atoms with E-state index >= 15 is 0 Å². The van der Waals surface area contributed by atoms with E-state index in [4.69, 9.17) is 32.7 Å². The van der Waals surface area contributed by atoms with E-state index in [2.05, 4.69) is 10.3 Å². The van der Waals surface area contributed by atoms with E-state index in [0.29, 0.717) is 35.2 Å². The first-order valence-corrected chi connectivity index (χ1v) is 14.9. The normalized spacial score (nSPS) is 17.1. The number of nitrogens with one attached hydrogen (secondary N) is 1. The number of halogens is 2. The molecule has 0 fully saturated rings. The largest absolute Gasteiger partial charge is 0.494 e. The van der Waals surface area contributed by atoms with E-state index in [-0.39, 0.29) is 29.3 Å². The fraction of sp³-hybridized carbons (Fsp3) is 0.407. The van der Waals surface area contributed by atoms with Gasteiger partial charge >= 0.3 is 6.09 Å². The highest BCUT2D eigenvalue weighted by atomic mass is 35.5. The maximum Gasteiger partial charge on any atom is 0.407 e. The van der Waals surface area contributed by atoms with Gasteiger partial charge in [0.1, 0.15) is 5.75 Å². The summed E-state index contributed by atoms with van der Waals surface area (Å²) in [5.74, 6) is 0.545. The second kappa shape index (κ2) is 12.4. The average Bonchev–Trinajstić information content (AvgIpc) is 3.33. The van der Waals surface area contributed by atoms with E-state index in [0.717, 1.165) is 24.0 Å². The summed E-state index contributed by atoms with van der Waals surface area (Å²) >= 11 is 12.4. The van der Waals surface area contributed by atoms with Gasteiger partial charge in [-0.15, -0.1) is 0 Å². The second-order valence-corrected chi connectivity index (χ2v) is 12.2. The molecule has 2 unspecified atom stereocenters. The van der Waals surface area contributed by atoms with Crippen LogP contribution in [0.3, 0.4) is 0 Å². The number of aryl methyl sites for hydroxylation is 2. The van der Waals surface area contributed by atoms with Crippen LogP contribution in [-0.4, -0.2) is 49.1 Å². The minimum Gasteiger partial charge on any atom is -0.494 e. The van der Waals surface area contributed by atoms with E-state index < -0.39 is 15.9 Å². The maximum atomic E-state index is 12.5. The van der Waals surface area contributed by atoms with Gasteiger partial charge in [-0.25, -0.2) is 18.2 Å². The van der Waals surface area contributed by atoms with E-state index in [1.54, 1.807) is 24.6 Å². The topological polar surface area (TPSA) is 99.5 Å². The lowest BCUT2D eigenvalue weighted by Crippen LogP contribution is -2.43. The van der Waals surface area contributed by atoms with Crippen LogP contribution >= 0.6 is 23.2 Å². The van der Waals surface area contributed by atoms with Crippen molar-refractivity contribution >= 4 is 39.1 Å². The first-order chi connectivity index (χ1) is 18.2. The summed E-state index contributed by atoms with van der Waals surface area (Å²) in [6.07, 6.45) is 5.05. The van der Waals surface area contributed by atoms with Gasteiger partial charge in [0.15, 0.2) is 14.9 Å². The minimum atomic E-state index is -3.47. The molecule has 2 atom stereocenters. The molecule has 3 aromatic rings. The van der Waals surface area contributed by atoms with Crippen LogP contribution in [0.4, 0.5) is 4.79 Å². The summed E-state index contributed by atoms with van der Waals surface area (Å²) in [6, 6.07) is 11.3. The van der Waals surface area contributed by atoms with Crippen LogP contribution in [0.1, 0.15) is 42.4 Å². The van der Waals surface area contributed by atoms with E-state index in [1.165, 1.54) is 18.1 Å². The Morgan fingerprint density at radius 3 is 2.71 bits per heavy atom. The Kier molecular flexibility index (Phi) is 9.23. The molecule has 1 aromatic heterocycles. The van der Waals surface area contributed by atoms with Gasteiger partial charge in [-0.3, -0.25) is 0 Å². The molecular formula is C27H31Cl2N3O5S. The number of amides is 1. The van der Waals surface area contributed by atoms with Crippen LogP contribution in [0.2, 0.25) is 10.0 Å². The van der Waals surface area contributed by atoms with Gasteiger partial charge in [0.2, 0.25) is 0 Å². The van der Waals surface area contributed by atoms with Gasteiger partial charge < -0.3 is 19.4 Å². The van der Waals surface area contributed by atoms with Gasteiger partial charge in [0.25, 0.3) is 0 Å². The molecule has 0 aliphatic heterocycles. The van der Waals surface area contributed by atoms with Crippen LogP contribution in [0.15, 0.2) is 53.9 Å². The number of benzene rings is 2. The molecule has 38 heavy (non-hydrogen) atoms. The van der Waals surface area contributed by atoms with Gasteiger partial charge in [-0.05, 0) is 73.6 Å². The zero-order chi connectivity index (χ0) is 27.3. The number of rotatable bonds is 10. The second-order valence-electron chi connectivity index (χ2n) is 9.33. The summed E-state index contributed by atoms with van der Waals surface area (Å²) in [7, 11) is -1.74. The van der Waals surface area contributed by atoms with Crippen LogP contribution in [0.25, 0.3) is 0 Å². The molecule has 0 saturated carbocycles. The molecule has 0 spiro atoms. The standard InChI is InChI=1S/C27H31Cl2N3O5S/c1-3-36-27(33)31-25-10-7-19-6-8-20(37-11-4-12-38(34,35)26-16-32(2)17-30-26)15-21(19)22(25)13-18-5-9-23(28)24(29)14-18/h5-6,8-9,14-17,22,25H,3-4,7,10-13H2,1-2H3,(H,31,33). The SMILES string of the molecule is CCOC(=O)NC1CCc2ccc(OCCCS(=O)(=O)c3cn(C)cn3)cc2C1Cc1ccc(Cl)c(Cl)c1. The molecule has 2 aromatic carbocycles. The number of hydrogen-bond donors (Lipinski definition) is 1. The van der Waals surface area contributed by atoms with Gasteiger partial charge in [-0.1, -0.05) is 35.3 Å². The highest BCUT2D eigenvalue weighted by Gasteiger charge is 2.32. The van der Waals surface area contributed by atoms with Crippen LogP contribution < -0.4 is 10.1 Å². The highest BCUT2D eigenvalue weighted by Crippen LogP contribution is 2.37. The van der Waals surface area contributed by atoms with Crippen LogP contribution in [0, 0.1) is 0 Å². The predicted octanol–water partition coefficient (Wildman–Crippen LogP) is 5.36. The first-order valence-electron chi connectivity index (χ1n) is 12.5. The van der Waals surface area contributed by atoms with E-state index in [1.807, 2.05) is 30.3 Å². The number of hydrogen-bond acceptors (Lipinski definition) is 6. The summed E-state index contributed by atoms with van der Waals surface area (Å²) < 4.78 is 37.7. The number of aromatic nitrogens is 2.